The standard InChI is InChI=1S/C18H27NO2/c1-19-17-8-7-16(15-5-3-2-4-6-15)11-18(17)21-13-14-9-10-20-12-14/h2-6,14,16-19H,7-13H2,1H3. The molecule has 0 spiro atoms. The Bertz CT molecular complexity index is 416. The van der Waals surface area contributed by atoms with Gasteiger partial charge in [-0.2, -0.15) is 0 Å². The highest BCUT2D eigenvalue weighted by molar-refractivity contribution is 5.20. The normalized spacial score (nSPS) is 33.2. The molecule has 1 N–H and O–H groups in total. The Morgan fingerprint density at radius 2 is 2.05 bits per heavy atom. The van der Waals surface area contributed by atoms with Crippen LogP contribution in [0.15, 0.2) is 30.3 Å². The lowest BCUT2D eigenvalue weighted by Gasteiger charge is -2.36. The Hall–Kier alpha value is -0.900. The van der Waals surface area contributed by atoms with Gasteiger partial charge in [0, 0.05) is 18.6 Å². The average molecular weight is 289 g/mol. The zero-order valence-electron chi connectivity index (χ0n) is 13.0. The van der Waals surface area contributed by atoms with Crippen LogP contribution in [-0.4, -0.2) is 39.0 Å². The van der Waals surface area contributed by atoms with E-state index in [-0.39, 0.29) is 0 Å². The van der Waals surface area contributed by atoms with Crippen LogP contribution in [-0.2, 0) is 9.47 Å². The molecule has 1 aromatic rings. The van der Waals surface area contributed by atoms with Crippen LogP contribution in [0.4, 0.5) is 0 Å². The van der Waals surface area contributed by atoms with Crippen LogP contribution >= 0.6 is 0 Å². The predicted molar refractivity (Wildman–Crippen MR) is 84.5 cm³/mol. The van der Waals surface area contributed by atoms with Crippen LogP contribution in [0.5, 0.6) is 0 Å². The van der Waals surface area contributed by atoms with E-state index in [1.165, 1.54) is 18.4 Å². The quantitative estimate of drug-likeness (QED) is 0.904. The Kier molecular flexibility index (Phi) is 5.28. The summed E-state index contributed by atoms with van der Waals surface area (Å²) in [6, 6.07) is 11.4. The molecule has 4 atom stereocenters. The van der Waals surface area contributed by atoms with Crippen LogP contribution in [0.1, 0.15) is 37.2 Å². The van der Waals surface area contributed by atoms with Crippen LogP contribution in [0.3, 0.4) is 0 Å². The van der Waals surface area contributed by atoms with Crippen molar-refractivity contribution in [2.24, 2.45) is 5.92 Å². The second-order valence-corrected chi connectivity index (χ2v) is 6.42. The molecule has 3 rings (SSSR count). The van der Waals surface area contributed by atoms with E-state index >= 15 is 0 Å². The van der Waals surface area contributed by atoms with Crippen LogP contribution in [0, 0.1) is 5.92 Å². The van der Waals surface area contributed by atoms with Crippen molar-refractivity contribution in [3.05, 3.63) is 35.9 Å². The lowest BCUT2D eigenvalue weighted by atomic mass is 9.80. The summed E-state index contributed by atoms with van der Waals surface area (Å²) in [5.74, 6) is 1.24. The minimum atomic E-state index is 0.328. The van der Waals surface area contributed by atoms with Gasteiger partial charge in [-0.3, -0.25) is 0 Å². The highest BCUT2D eigenvalue weighted by atomic mass is 16.5. The van der Waals surface area contributed by atoms with E-state index in [0.717, 1.165) is 32.7 Å². The Morgan fingerprint density at radius 3 is 2.76 bits per heavy atom. The maximum atomic E-state index is 6.28. The zero-order chi connectivity index (χ0) is 14.5. The first-order valence-corrected chi connectivity index (χ1v) is 8.28. The summed E-state index contributed by atoms with van der Waals surface area (Å²) in [6.45, 7) is 2.63. The molecule has 3 heteroatoms. The molecule has 1 saturated heterocycles. The van der Waals surface area contributed by atoms with Crippen molar-refractivity contribution in [1.82, 2.24) is 5.32 Å². The number of hydrogen-bond acceptors (Lipinski definition) is 3. The van der Waals surface area contributed by atoms with E-state index in [0.29, 0.717) is 24.0 Å². The molecule has 0 radical (unpaired) electrons. The molecule has 2 aliphatic rings. The van der Waals surface area contributed by atoms with Crippen molar-refractivity contribution in [3.8, 4) is 0 Å². The van der Waals surface area contributed by atoms with Gasteiger partial charge in [0.25, 0.3) is 0 Å². The molecule has 2 fully saturated rings. The SMILES string of the molecule is CNC1CCC(c2ccccc2)CC1OCC1CCOC1. The van der Waals surface area contributed by atoms with Crippen molar-refractivity contribution in [1.29, 1.82) is 0 Å². The third kappa shape index (κ3) is 3.85. The molecule has 0 amide bonds. The molecule has 0 bridgehead atoms. The summed E-state index contributed by atoms with van der Waals surface area (Å²) in [6.07, 6.45) is 5.06. The number of benzene rings is 1. The largest absolute Gasteiger partial charge is 0.381 e. The fourth-order valence-corrected chi connectivity index (χ4v) is 3.65. The fraction of sp³-hybridized carbons (Fsp3) is 0.667. The highest BCUT2D eigenvalue weighted by Crippen LogP contribution is 2.34. The van der Waals surface area contributed by atoms with E-state index in [2.05, 4.69) is 42.7 Å². The minimum Gasteiger partial charge on any atom is -0.381 e. The summed E-state index contributed by atoms with van der Waals surface area (Å²) in [7, 11) is 2.06. The molecule has 0 aromatic heterocycles. The molecule has 116 valence electrons. The smallest absolute Gasteiger partial charge is 0.0733 e. The number of rotatable bonds is 5. The van der Waals surface area contributed by atoms with E-state index in [9.17, 15) is 0 Å². The Labute approximate surface area is 128 Å². The van der Waals surface area contributed by atoms with Gasteiger partial charge in [0.15, 0.2) is 0 Å². The fourth-order valence-electron chi connectivity index (χ4n) is 3.65. The summed E-state index contributed by atoms with van der Waals surface area (Å²) >= 11 is 0. The number of ether oxygens (including phenoxy) is 2. The summed E-state index contributed by atoms with van der Waals surface area (Å²) < 4.78 is 11.7. The second-order valence-electron chi connectivity index (χ2n) is 6.42. The van der Waals surface area contributed by atoms with E-state index in [4.69, 9.17) is 9.47 Å². The summed E-state index contributed by atoms with van der Waals surface area (Å²) in [5, 5.41) is 3.45. The molecule has 1 aliphatic carbocycles. The van der Waals surface area contributed by atoms with Crippen molar-refractivity contribution < 1.29 is 9.47 Å². The zero-order valence-corrected chi connectivity index (χ0v) is 13.0. The third-order valence-electron chi connectivity index (χ3n) is 5.00. The van der Waals surface area contributed by atoms with E-state index < -0.39 is 0 Å². The summed E-state index contributed by atoms with van der Waals surface area (Å²) in [4.78, 5) is 0. The topological polar surface area (TPSA) is 30.5 Å². The van der Waals surface area contributed by atoms with Gasteiger partial charge in [0.2, 0.25) is 0 Å². The van der Waals surface area contributed by atoms with Gasteiger partial charge < -0.3 is 14.8 Å². The molecule has 3 nitrogen and oxygen atoms in total. The van der Waals surface area contributed by atoms with Crippen molar-refractivity contribution in [2.75, 3.05) is 26.9 Å². The van der Waals surface area contributed by atoms with Gasteiger partial charge in [0.1, 0.15) is 0 Å². The first-order valence-electron chi connectivity index (χ1n) is 8.28. The second kappa shape index (κ2) is 7.39. The maximum absolute atomic E-state index is 6.28. The maximum Gasteiger partial charge on any atom is 0.0733 e. The molecular formula is C18H27NO2. The van der Waals surface area contributed by atoms with Gasteiger partial charge in [-0.15, -0.1) is 0 Å². The van der Waals surface area contributed by atoms with Gasteiger partial charge in [-0.25, -0.2) is 0 Å². The van der Waals surface area contributed by atoms with Crippen molar-refractivity contribution >= 4 is 0 Å². The highest BCUT2D eigenvalue weighted by Gasteiger charge is 2.31. The van der Waals surface area contributed by atoms with E-state index in [1.807, 2.05) is 0 Å². The van der Waals surface area contributed by atoms with Crippen molar-refractivity contribution in [3.63, 3.8) is 0 Å². The lowest BCUT2D eigenvalue weighted by molar-refractivity contribution is -0.0167. The monoisotopic (exact) mass is 289 g/mol. The number of likely N-dealkylation sites (N-methyl/N-ethyl adjacent to an activating group) is 1. The van der Waals surface area contributed by atoms with Gasteiger partial charge in [-0.1, -0.05) is 30.3 Å². The molecule has 21 heavy (non-hydrogen) atoms. The molecule has 1 aliphatic heterocycles. The lowest BCUT2D eigenvalue weighted by Crippen LogP contribution is -2.44. The molecule has 1 saturated carbocycles. The van der Waals surface area contributed by atoms with Crippen LogP contribution in [0.2, 0.25) is 0 Å². The first kappa shape index (κ1) is 15.0. The van der Waals surface area contributed by atoms with Crippen LogP contribution in [0.25, 0.3) is 0 Å². The minimum absolute atomic E-state index is 0.328. The van der Waals surface area contributed by atoms with Crippen molar-refractivity contribution in [2.45, 2.75) is 43.7 Å². The third-order valence-corrected chi connectivity index (χ3v) is 5.00. The molecular weight excluding hydrogens is 262 g/mol. The summed E-state index contributed by atoms with van der Waals surface area (Å²) in [5.41, 5.74) is 1.46. The molecule has 1 heterocycles. The molecule has 1 aromatic carbocycles. The predicted octanol–water partition coefficient (Wildman–Crippen LogP) is 2.96. The van der Waals surface area contributed by atoms with Crippen LogP contribution < -0.4 is 5.32 Å². The van der Waals surface area contributed by atoms with E-state index in [1.54, 1.807) is 0 Å². The average Bonchev–Trinajstić information content (AvgIpc) is 3.07. The number of nitrogens with one attached hydrogen (secondary N) is 1. The van der Waals surface area contributed by atoms with Gasteiger partial charge in [0.05, 0.1) is 19.3 Å². The Balaban J connectivity index is 1.58. The van der Waals surface area contributed by atoms with Gasteiger partial charge >= 0.3 is 0 Å². The van der Waals surface area contributed by atoms with Gasteiger partial charge in [-0.05, 0) is 44.2 Å². The Morgan fingerprint density at radius 1 is 1.19 bits per heavy atom. The first-order chi connectivity index (χ1) is 10.4. The number of hydrogen-bond donors (Lipinski definition) is 1. The molecule has 4 unspecified atom stereocenters.